The monoisotopic (exact) mass is 238 g/mol. The molecule has 0 saturated heterocycles. The number of amides is 1. The highest BCUT2D eigenvalue weighted by atomic mass is 16.5. The van der Waals surface area contributed by atoms with Gasteiger partial charge in [0, 0.05) is 18.4 Å². The highest BCUT2D eigenvalue weighted by Crippen LogP contribution is 2.33. The van der Waals surface area contributed by atoms with Crippen LogP contribution in [-0.2, 0) is 4.74 Å². The Kier molecular flexibility index (Phi) is 3.27. The third-order valence-corrected chi connectivity index (χ3v) is 2.45. The molecule has 0 spiro atoms. The minimum absolute atomic E-state index is 0.106. The van der Waals surface area contributed by atoms with Crippen LogP contribution in [0, 0.1) is 0 Å². The lowest BCUT2D eigenvalue weighted by molar-refractivity contribution is 0.161. The second-order valence-electron chi connectivity index (χ2n) is 3.81. The molecule has 1 fully saturated rings. The summed E-state index contributed by atoms with van der Waals surface area (Å²) in [5, 5.41) is 2.81. The number of carbonyl (C=O) groups excluding carboxylic acids is 1. The maximum atomic E-state index is 11.9. The number of carbonyl (C=O) groups is 1. The zero-order chi connectivity index (χ0) is 12.3. The second kappa shape index (κ2) is 4.86. The quantitative estimate of drug-likeness (QED) is 0.708. The number of nitrogens with one attached hydrogen (secondary N) is 1. The molecule has 1 amide bonds. The molecule has 3 N–H and O–H groups in total. The SMILES string of the molecule is NC(=O)OCCNc1nccn(C2CC2)c1=O. The summed E-state index contributed by atoms with van der Waals surface area (Å²) in [7, 11) is 0. The first-order valence-corrected chi connectivity index (χ1v) is 5.41. The van der Waals surface area contributed by atoms with Gasteiger partial charge in [-0.15, -0.1) is 0 Å². The van der Waals surface area contributed by atoms with Crippen LogP contribution >= 0.6 is 0 Å². The number of nitrogens with zero attached hydrogens (tertiary/aromatic N) is 2. The Hall–Kier alpha value is -2.05. The van der Waals surface area contributed by atoms with Gasteiger partial charge in [0.25, 0.3) is 5.56 Å². The van der Waals surface area contributed by atoms with Crippen molar-refractivity contribution < 1.29 is 9.53 Å². The van der Waals surface area contributed by atoms with E-state index in [1.807, 2.05) is 0 Å². The molecule has 1 aliphatic carbocycles. The van der Waals surface area contributed by atoms with E-state index in [4.69, 9.17) is 5.73 Å². The van der Waals surface area contributed by atoms with Crippen LogP contribution in [0.2, 0.25) is 0 Å². The molecule has 1 heterocycles. The molecule has 1 aromatic rings. The number of hydrogen-bond acceptors (Lipinski definition) is 5. The summed E-state index contributed by atoms with van der Waals surface area (Å²) in [6.07, 6.45) is 4.51. The van der Waals surface area contributed by atoms with Crippen LogP contribution in [0.25, 0.3) is 0 Å². The number of rotatable bonds is 5. The molecule has 1 aromatic heterocycles. The molecular formula is C10H14N4O3. The summed E-state index contributed by atoms with van der Waals surface area (Å²) in [6, 6.07) is 0.313. The third-order valence-electron chi connectivity index (χ3n) is 2.45. The average Bonchev–Trinajstić information content (AvgIpc) is 3.10. The molecule has 7 heteroatoms. The summed E-state index contributed by atoms with van der Waals surface area (Å²) >= 11 is 0. The fraction of sp³-hybridized carbons (Fsp3) is 0.500. The number of anilines is 1. The molecular weight excluding hydrogens is 224 g/mol. The molecule has 2 rings (SSSR count). The summed E-state index contributed by atoms with van der Waals surface area (Å²) < 4.78 is 6.20. The second-order valence-corrected chi connectivity index (χ2v) is 3.81. The third kappa shape index (κ3) is 2.96. The van der Waals surface area contributed by atoms with Crippen molar-refractivity contribution in [2.45, 2.75) is 18.9 Å². The van der Waals surface area contributed by atoms with Gasteiger partial charge in [-0.2, -0.15) is 0 Å². The van der Waals surface area contributed by atoms with Crippen molar-refractivity contribution in [1.29, 1.82) is 0 Å². The van der Waals surface area contributed by atoms with Crippen molar-refractivity contribution in [3.63, 3.8) is 0 Å². The highest BCUT2D eigenvalue weighted by Gasteiger charge is 2.25. The van der Waals surface area contributed by atoms with Crippen molar-refractivity contribution in [3.8, 4) is 0 Å². The van der Waals surface area contributed by atoms with E-state index in [0.717, 1.165) is 12.8 Å². The van der Waals surface area contributed by atoms with E-state index in [2.05, 4.69) is 15.0 Å². The topological polar surface area (TPSA) is 99.2 Å². The first-order chi connectivity index (χ1) is 8.18. The Morgan fingerprint density at radius 2 is 2.41 bits per heavy atom. The van der Waals surface area contributed by atoms with Crippen LogP contribution in [0.15, 0.2) is 17.2 Å². The van der Waals surface area contributed by atoms with E-state index >= 15 is 0 Å². The molecule has 0 aromatic carbocycles. The Labute approximate surface area is 97.6 Å². The van der Waals surface area contributed by atoms with Crippen molar-refractivity contribution in [1.82, 2.24) is 9.55 Å². The normalized spacial score (nSPS) is 14.4. The van der Waals surface area contributed by atoms with Crippen LogP contribution in [0.5, 0.6) is 0 Å². The van der Waals surface area contributed by atoms with E-state index in [1.165, 1.54) is 0 Å². The molecule has 7 nitrogen and oxygen atoms in total. The molecule has 92 valence electrons. The zero-order valence-electron chi connectivity index (χ0n) is 9.26. The standard InChI is InChI=1S/C10H14N4O3/c11-10(16)17-6-4-13-8-9(15)14(5-3-12-8)7-1-2-7/h3,5,7H,1-2,4,6H2,(H2,11,16)(H,12,13). The summed E-state index contributed by atoms with van der Waals surface area (Å²) in [5.74, 6) is 0.271. The lowest BCUT2D eigenvalue weighted by atomic mass is 10.5. The Bertz CT molecular complexity index is 467. The maximum Gasteiger partial charge on any atom is 0.404 e. The van der Waals surface area contributed by atoms with Crippen LogP contribution in [0.4, 0.5) is 10.6 Å². The molecule has 0 aliphatic heterocycles. The highest BCUT2D eigenvalue weighted by molar-refractivity contribution is 5.64. The smallest absolute Gasteiger partial charge is 0.404 e. The molecule has 0 radical (unpaired) electrons. The van der Waals surface area contributed by atoms with E-state index in [-0.39, 0.29) is 18.0 Å². The minimum Gasteiger partial charge on any atom is -0.448 e. The van der Waals surface area contributed by atoms with E-state index in [9.17, 15) is 9.59 Å². The molecule has 0 bridgehead atoms. The molecule has 1 saturated carbocycles. The van der Waals surface area contributed by atoms with E-state index < -0.39 is 6.09 Å². The van der Waals surface area contributed by atoms with Gasteiger partial charge in [-0.1, -0.05) is 0 Å². The fourth-order valence-corrected chi connectivity index (χ4v) is 1.51. The molecule has 0 atom stereocenters. The largest absolute Gasteiger partial charge is 0.448 e. The van der Waals surface area contributed by atoms with Crippen molar-refractivity contribution in [3.05, 3.63) is 22.7 Å². The summed E-state index contributed by atoms with van der Waals surface area (Å²) in [5.41, 5.74) is 4.66. The van der Waals surface area contributed by atoms with Crippen LogP contribution < -0.4 is 16.6 Å². The number of nitrogens with two attached hydrogens (primary N) is 1. The van der Waals surface area contributed by atoms with Gasteiger partial charge >= 0.3 is 6.09 Å². The van der Waals surface area contributed by atoms with Crippen LogP contribution in [0.3, 0.4) is 0 Å². The Morgan fingerprint density at radius 1 is 1.65 bits per heavy atom. The number of primary amides is 1. The van der Waals surface area contributed by atoms with Gasteiger partial charge in [-0.25, -0.2) is 9.78 Å². The van der Waals surface area contributed by atoms with Gasteiger partial charge in [-0.3, -0.25) is 4.79 Å². The Morgan fingerprint density at radius 3 is 3.06 bits per heavy atom. The van der Waals surface area contributed by atoms with E-state index in [1.54, 1.807) is 17.0 Å². The van der Waals surface area contributed by atoms with Gasteiger partial charge in [0.1, 0.15) is 6.61 Å². The number of aromatic nitrogens is 2. The van der Waals surface area contributed by atoms with Crippen molar-refractivity contribution in [2.24, 2.45) is 5.73 Å². The van der Waals surface area contributed by atoms with Crippen LogP contribution in [-0.4, -0.2) is 28.8 Å². The van der Waals surface area contributed by atoms with Gasteiger partial charge in [0.15, 0.2) is 5.82 Å². The average molecular weight is 238 g/mol. The van der Waals surface area contributed by atoms with Gasteiger partial charge in [0.2, 0.25) is 0 Å². The summed E-state index contributed by atoms with van der Waals surface area (Å²) in [6.45, 7) is 0.411. The minimum atomic E-state index is -0.830. The van der Waals surface area contributed by atoms with Crippen molar-refractivity contribution >= 4 is 11.9 Å². The van der Waals surface area contributed by atoms with Crippen molar-refractivity contribution in [2.75, 3.05) is 18.5 Å². The van der Waals surface area contributed by atoms with Crippen LogP contribution in [0.1, 0.15) is 18.9 Å². The molecule has 17 heavy (non-hydrogen) atoms. The molecule has 0 unspecified atom stereocenters. The first kappa shape index (κ1) is 11.4. The predicted molar refractivity (Wildman–Crippen MR) is 60.8 cm³/mol. The predicted octanol–water partition coefficient (Wildman–Crippen LogP) is 0.0854. The maximum absolute atomic E-state index is 11.9. The number of ether oxygens (including phenoxy) is 1. The number of hydrogen-bond donors (Lipinski definition) is 2. The lowest BCUT2D eigenvalue weighted by Crippen LogP contribution is -2.26. The molecule has 1 aliphatic rings. The van der Waals surface area contributed by atoms with E-state index in [0.29, 0.717) is 12.6 Å². The summed E-state index contributed by atoms with van der Waals surface area (Å²) in [4.78, 5) is 26.2. The van der Waals surface area contributed by atoms with Gasteiger partial charge < -0.3 is 20.4 Å². The van der Waals surface area contributed by atoms with Gasteiger partial charge in [-0.05, 0) is 12.8 Å². The lowest BCUT2D eigenvalue weighted by Gasteiger charge is -2.07. The first-order valence-electron chi connectivity index (χ1n) is 5.41. The fourth-order valence-electron chi connectivity index (χ4n) is 1.51. The van der Waals surface area contributed by atoms with Gasteiger partial charge in [0.05, 0.1) is 6.54 Å². The Balaban J connectivity index is 1.94. The zero-order valence-corrected chi connectivity index (χ0v) is 9.26.